The van der Waals surface area contributed by atoms with E-state index in [0.717, 1.165) is 5.69 Å². The zero-order chi connectivity index (χ0) is 12.4. The Morgan fingerprint density at radius 2 is 2.29 bits per heavy atom. The van der Waals surface area contributed by atoms with Crippen LogP contribution in [-0.4, -0.2) is 16.0 Å². The van der Waals surface area contributed by atoms with Crippen LogP contribution >= 0.6 is 22.9 Å². The van der Waals surface area contributed by atoms with E-state index in [-0.39, 0.29) is 16.7 Å². The normalized spacial score (nSPS) is 10.2. The molecule has 17 heavy (non-hydrogen) atoms. The van der Waals surface area contributed by atoms with Crippen molar-refractivity contribution in [2.24, 2.45) is 0 Å². The molecule has 0 saturated carbocycles. The molecule has 1 amide bonds. The van der Waals surface area contributed by atoms with Crippen LogP contribution in [-0.2, 0) is 0 Å². The molecule has 0 bridgehead atoms. The molecule has 6 heteroatoms. The van der Waals surface area contributed by atoms with E-state index in [1.807, 2.05) is 12.3 Å². The first kappa shape index (κ1) is 11.9. The maximum absolute atomic E-state index is 11.8. The van der Waals surface area contributed by atoms with Crippen molar-refractivity contribution in [2.75, 3.05) is 5.32 Å². The van der Waals surface area contributed by atoms with Crippen LogP contribution < -0.4 is 5.32 Å². The number of halogens is 1. The summed E-state index contributed by atoms with van der Waals surface area (Å²) in [7, 11) is 0. The van der Waals surface area contributed by atoms with Gasteiger partial charge in [0.15, 0.2) is 5.13 Å². The SMILES string of the molecule is Cc1csc(NC(=O)c2ccc(O)c(Cl)c2)n1. The topological polar surface area (TPSA) is 62.2 Å². The molecule has 1 aromatic carbocycles. The van der Waals surface area contributed by atoms with Gasteiger partial charge in [-0.2, -0.15) is 0 Å². The lowest BCUT2D eigenvalue weighted by molar-refractivity contribution is 0.102. The van der Waals surface area contributed by atoms with E-state index in [2.05, 4.69) is 10.3 Å². The molecule has 2 rings (SSSR count). The number of amides is 1. The minimum atomic E-state index is -0.304. The molecular weight excluding hydrogens is 260 g/mol. The number of rotatable bonds is 2. The molecule has 0 aliphatic carbocycles. The van der Waals surface area contributed by atoms with Crippen LogP contribution in [0.4, 0.5) is 5.13 Å². The number of carbonyl (C=O) groups excluding carboxylic acids is 1. The maximum Gasteiger partial charge on any atom is 0.257 e. The molecule has 0 aliphatic rings. The minimum Gasteiger partial charge on any atom is -0.506 e. The zero-order valence-corrected chi connectivity index (χ0v) is 10.5. The fraction of sp³-hybridized carbons (Fsp3) is 0.0909. The summed E-state index contributed by atoms with van der Waals surface area (Å²) in [5.74, 6) is -0.352. The average Bonchev–Trinajstić information content (AvgIpc) is 2.68. The molecule has 88 valence electrons. The Balaban J connectivity index is 2.17. The predicted molar refractivity (Wildman–Crippen MR) is 67.9 cm³/mol. The van der Waals surface area contributed by atoms with Crippen LogP contribution in [0.15, 0.2) is 23.6 Å². The van der Waals surface area contributed by atoms with Gasteiger partial charge in [-0.3, -0.25) is 10.1 Å². The van der Waals surface area contributed by atoms with E-state index in [0.29, 0.717) is 10.7 Å². The highest BCUT2D eigenvalue weighted by Gasteiger charge is 2.10. The summed E-state index contributed by atoms with van der Waals surface area (Å²) in [6.07, 6.45) is 0. The van der Waals surface area contributed by atoms with Crippen molar-refractivity contribution < 1.29 is 9.90 Å². The Kier molecular flexibility index (Phi) is 3.31. The van der Waals surface area contributed by atoms with Crippen molar-refractivity contribution in [3.63, 3.8) is 0 Å². The van der Waals surface area contributed by atoms with E-state index < -0.39 is 0 Å². The number of phenols is 1. The molecule has 0 atom stereocenters. The summed E-state index contributed by atoms with van der Waals surface area (Å²) in [6.45, 7) is 1.85. The third-order valence-electron chi connectivity index (χ3n) is 2.05. The number of benzene rings is 1. The van der Waals surface area contributed by atoms with Crippen LogP contribution in [0, 0.1) is 6.92 Å². The molecule has 0 spiro atoms. The quantitative estimate of drug-likeness (QED) is 0.880. The van der Waals surface area contributed by atoms with Gasteiger partial charge in [-0.1, -0.05) is 11.6 Å². The van der Waals surface area contributed by atoms with E-state index in [1.54, 1.807) is 0 Å². The van der Waals surface area contributed by atoms with E-state index in [9.17, 15) is 9.90 Å². The highest BCUT2D eigenvalue weighted by atomic mass is 35.5. The Hall–Kier alpha value is -1.59. The van der Waals surface area contributed by atoms with E-state index in [1.165, 1.54) is 29.5 Å². The second-order valence-electron chi connectivity index (χ2n) is 3.41. The number of nitrogens with one attached hydrogen (secondary N) is 1. The molecule has 1 heterocycles. The lowest BCUT2D eigenvalue weighted by atomic mass is 10.2. The number of hydrogen-bond acceptors (Lipinski definition) is 4. The largest absolute Gasteiger partial charge is 0.506 e. The van der Waals surface area contributed by atoms with Crippen LogP contribution in [0.3, 0.4) is 0 Å². The number of anilines is 1. The van der Waals surface area contributed by atoms with Crippen LogP contribution in [0.25, 0.3) is 0 Å². The Labute approximate surface area is 107 Å². The number of thiazole rings is 1. The van der Waals surface area contributed by atoms with E-state index >= 15 is 0 Å². The van der Waals surface area contributed by atoms with Crippen molar-refractivity contribution >= 4 is 34.0 Å². The second-order valence-corrected chi connectivity index (χ2v) is 4.68. The fourth-order valence-electron chi connectivity index (χ4n) is 1.23. The molecule has 0 saturated heterocycles. The Bertz CT molecular complexity index is 568. The maximum atomic E-state index is 11.8. The zero-order valence-electron chi connectivity index (χ0n) is 8.90. The first-order chi connectivity index (χ1) is 8.06. The summed E-state index contributed by atoms with van der Waals surface area (Å²) >= 11 is 7.08. The van der Waals surface area contributed by atoms with Crippen molar-refractivity contribution in [3.05, 3.63) is 39.9 Å². The van der Waals surface area contributed by atoms with Crippen molar-refractivity contribution in [1.82, 2.24) is 4.98 Å². The molecule has 2 N–H and O–H groups in total. The number of carbonyl (C=O) groups is 1. The van der Waals surface area contributed by atoms with Gasteiger partial charge < -0.3 is 5.11 Å². The Morgan fingerprint density at radius 3 is 2.88 bits per heavy atom. The molecule has 4 nitrogen and oxygen atoms in total. The lowest BCUT2D eigenvalue weighted by Gasteiger charge is -2.03. The fourth-order valence-corrected chi connectivity index (χ4v) is 2.09. The van der Waals surface area contributed by atoms with Gasteiger partial charge in [0, 0.05) is 10.9 Å². The van der Waals surface area contributed by atoms with Crippen LogP contribution in [0.2, 0.25) is 5.02 Å². The van der Waals surface area contributed by atoms with Gasteiger partial charge in [-0.05, 0) is 25.1 Å². The van der Waals surface area contributed by atoms with Gasteiger partial charge in [0.05, 0.1) is 10.7 Å². The number of aryl methyl sites for hydroxylation is 1. The van der Waals surface area contributed by atoms with Crippen LogP contribution in [0.1, 0.15) is 16.1 Å². The van der Waals surface area contributed by atoms with Crippen molar-refractivity contribution in [1.29, 1.82) is 0 Å². The molecule has 0 aliphatic heterocycles. The first-order valence-electron chi connectivity index (χ1n) is 4.78. The van der Waals surface area contributed by atoms with E-state index in [4.69, 9.17) is 11.6 Å². The smallest absolute Gasteiger partial charge is 0.257 e. The van der Waals surface area contributed by atoms with Crippen molar-refractivity contribution in [3.8, 4) is 5.75 Å². The standard InChI is InChI=1S/C11H9ClN2O2S/c1-6-5-17-11(13-6)14-10(16)7-2-3-9(15)8(12)4-7/h2-5,15H,1H3,(H,13,14,16). The highest BCUT2D eigenvalue weighted by Crippen LogP contribution is 2.24. The predicted octanol–water partition coefficient (Wildman–Crippen LogP) is 3.06. The first-order valence-corrected chi connectivity index (χ1v) is 6.04. The van der Waals surface area contributed by atoms with Gasteiger partial charge >= 0.3 is 0 Å². The summed E-state index contributed by atoms with van der Waals surface area (Å²) in [6, 6.07) is 4.29. The molecule has 2 aromatic rings. The second kappa shape index (κ2) is 4.73. The number of hydrogen-bond donors (Lipinski definition) is 2. The number of aromatic nitrogens is 1. The van der Waals surface area contributed by atoms with Gasteiger partial charge in [0.25, 0.3) is 5.91 Å². The molecule has 0 radical (unpaired) electrons. The van der Waals surface area contributed by atoms with Crippen LogP contribution in [0.5, 0.6) is 5.75 Å². The minimum absolute atomic E-state index is 0.0479. The van der Waals surface area contributed by atoms with Gasteiger partial charge in [-0.25, -0.2) is 4.98 Å². The Morgan fingerprint density at radius 1 is 1.53 bits per heavy atom. The third-order valence-corrected chi connectivity index (χ3v) is 3.23. The molecule has 1 aromatic heterocycles. The lowest BCUT2D eigenvalue weighted by Crippen LogP contribution is -2.11. The number of nitrogens with zero attached hydrogens (tertiary/aromatic N) is 1. The third kappa shape index (κ3) is 2.75. The average molecular weight is 269 g/mol. The van der Waals surface area contributed by atoms with Gasteiger partial charge in [0.1, 0.15) is 5.75 Å². The summed E-state index contributed by atoms with van der Waals surface area (Å²) < 4.78 is 0. The highest BCUT2D eigenvalue weighted by molar-refractivity contribution is 7.13. The summed E-state index contributed by atoms with van der Waals surface area (Å²) in [4.78, 5) is 15.9. The molecular formula is C11H9ClN2O2S. The number of phenolic OH excluding ortho intramolecular Hbond substituents is 1. The molecule has 0 unspecified atom stereocenters. The van der Waals surface area contributed by atoms with Gasteiger partial charge in [0.2, 0.25) is 0 Å². The van der Waals surface area contributed by atoms with Crippen molar-refractivity contribution in [2.45, 2.75) is 6.92 Å². The molecule has 0 fully saturated rings. The summed E-state index contributed by atoms with van der Waals surface area (Å²) in [5, 5.41) is 14.4. The number of aromatic hydroxyl groups is 1. The monoisotopic (exact) mass is 268 g/mol. The van der Waals surface area contributed by atoms with Gasteiger partial charge in [-0.15, -0.1) is 11.3 Å². The summed E-state index contributed by atoms with van der Waals surface area (Å²) in [5.41, 5.74) is 1.23.